The first-order chi connectivity index (χ1) is 14.5. The average molecular weight is 405 g/mol. The molecule has 1 heterocycles. The maximum atomic E-state index is 10.7. The number of nitrogens with zero attached hydrogens (tertiary/aromatic N) is 2. The molecule has 2 aromatic carbocycles. The first-order valence-electron chi connectivity index (χ1n) is 9.89. The van der Waals surface area contributed by atoms with Crippen LogP contribution in [0.25, 0.3) is 33.3 Å². The van der Waals surface area contributed by atoms with E-state index in [1.54, 1.807) is 6.07 Å². The number of carboxylic acids is 1. The van der Waals surface area contributed by atoms with Gasteiger partial charge in [-0.15, -0.1) is 0 Å². The molecule has 0 amide bonds. The van der Waals surface area contributed by atoms with Gasteiger partial charge in [-0.25, -0.2) is 4.98 Å². The number of anilines is 1. The fraction of sp³-hybridized carbons (Fsp3) is 0.261. The van der Waals surface area contributed by atoms with Crippen LogP contribution in [0.2, 0.25) is 0 Å². The first kappa shape index (κ1) is 19.7. The van der Waals surface area contributed by atoms with Crippen LogP contribution in [-0.4, -0.2) is 29.2 Å². The summed E-state index contributed by atoms with van der Waals surface area (Å²) in [5.41, 5.74) is 9.91. The number of aryl methyl sites for hydroxylation is 1. The van der Waals surface area contributed by atoms with Gasteiger partial charge in [-0.1, -0.05) is 0 Å². The number of nitrogens with two attached hydrogens (primary N) is 1. The van der Waals surface area contributed by atoms with Crippen molar-refractivity contribution in [3.05, 3.63) is 47.3 Å². The minimum Gasteiger partial charge on any atom is -0.494 e. The number of fused-ring (bicyclic) bond motifs is 4. The number of nitrogen functional groups attached to an aromatic ring is 1. The Labute approximate surface area is 173 Å². The number of hydrogen-bond acceptors (Lipinski definition) is 6. The van der Waals surface area contributed by atoms with Gasteiger partial charge in [-0.2, -0.15) is 0 Å². The molecule has 0 fully saturated rings. The van der Waals surface area contributed by atoms with Gasteiger partial charge in [0.25, 0.3) is 0 Å². The highest BCUT2D eigenvalue weighted by atomic mass is 16.5. The molecule has 0 aromatic heterocycles. The molecular formula is C23H23N3O4. The van der Waals surface area contributed by atoms with E-state index < -0.39 is 5.97 Å². The fourth-order valence-corrected chi connectivity index (χ4v) is 3.50. The molecule has 2 aliphatic rings. The number of rotatable bonds is 6. The molecule has 7 nitrogen and oxygen atoms in total. The van der Waals surface area contributed by atoms with Gasteiger partial charge in [-0.05, 0) is 50.1 Å². The summed E-state index contributed by atoms with van der Waals surface area (Å²) in [6, 6.07) is 11.2. The monoisotopic (exact) mass is 405 g/mol. The second-order valence-electron chi connectivity index (χ2n) is 7.16. The highest BCUT2D eigenvalue weighted by molar-refractivity contribution is 6.10. The third kappa shape index (κ3) is 3.78. The van der Waals surface area contributed by atoms with Crippen molar-refractivity contribution in [1.29, 1.82) is 0 Å². The van der Waals surface area contributed by atoms with Crippen LogP contribution in [0.4, 0.5) is 5.69 Å². The van der Waals surface area contributed by atoms with Crippen molar-refractivity contribution in [2.45, 2.75) is 26.7 Å². The molecule has 4 rings (SSSR count). The van der Waals surface area contributed by atoms with E-state index in [0.29, 0.717) is 47.9 Å². The second-order valence-corrected chi connectivity index (χ2v) is 7.16. The Hall–Kier alpha value is -3.61. The maximum Gasteiger partial charge on any atom is 0.303 e. The lowest BCUT2D eigenvalue weighted by Gasteiger charge is -2.12. The zero-order chi connectivity index (χ0) is 21.3. The van der Waals surface area contributed by atoms with Crippen molar-refractivity contribution in [3.63, 3.8) is 0 Å². The van der Waals surface area contributed by atoms with Crippen molar-refractivity contribution in [2.24, 2.45) is 4.99 Å². The van der Waals surface area contributed by atoms with Gasteiger partial charge in [0, 0.05) is 41.6 Å². The Morgan fingerprint density at radius 1 is 1.23 bits per heavy atom. The van der Waals surface area contributed by atoms with Gasteiger partial charge in [-0.3, -0.25) is 9.79 Å². The normalized spacial score (nSPS) is 12.1. The predicted octanol–water partition coefficient (Wildman–Crippen LogP) is 4.14. The van der Waals surface area contributed by atoms with Crippen molar-refractivity contribution in [3.8, 4) is 17.2 Å². The largest absolute Gasteiger partial charge is 0.494 e. The zero-order valence-electron chi connectivity index (χ0n) is 16.9. The lowest BCUT2D eigenvalue weighted by Crippen LogP contribution is -2.09. The summed E-state index contributed by atoms with van der Waals surface area (Å²) in [5.74, 6) is 0.453. The maximum absolute atomic E-state index is 10.7. The molecule has 0 unspecified atom stereocenters. The van der Waals surface area contributed by atoms with Crippen LogP contribution in [0, 0.1) is 6.92 Å². The molecule has 1 aliphatic carbocycles. The number of aromatic nitrogens is 1. The Bertz CT molecular complexity index is 1290. The topological polar surface area (TPSA) is 111 Å². The molecule has 30 heavy (non-hydrogen) atoms. The summed E-state index contributed by atoms with van der Waals surface area (Å²) in [6.45, 7) is 5.01. The smallest absolute Gasteiger partial charge is 0.303 e. The van der Waals surface area contributed by atoms with Gasteiger partial charge in [0.2, 0.25) is 0 Å². The van der Waals surface area contributed by atoms with E-state index >= 15 is 0 Å². The number of ether oxygens (including phenoxy) is 1. The van der Waals surface area contributed by atoms with Crippen LogP contribution in [-0.2, 0) is 4.79 Å². The SMILES string of the molecule is CCN=c1cc2oc3cc(N)c4ccc(OCCCC(=O)O)cc4c3nc-2cc1C. The van der Waals surface area contributed by atoms with Crippen LogP contribution in [0.15, 0.2) is 45.8 Å². The van der Waals surface area contributed by atoms with Crippen LogP contribution >= 0.6 is 0 Å². The standard InChI is InChI=1S/C23H23N3O4/c1-3-25-18-12-20-19(9-13(18)2)26-23-16-10-14(29-8-4-5-22(27)28)6-7-15(16)17(24)11-21(23)30-20/h6-7,9-12H,3-5,8,24H2,1-2H3,(H,27,28). The minimum atomic E-state index is -0.834. The zero-order valence-corrected chi connectivity index (χ0v) is 16.9. The van der Waals surface area contributed by atoms with Crippen LogP contribution in [0.5, 0.6) is 5.75 Å². The Morgan fingerprint density at radius 3 is 2.83 bits per heavy atom. The average Bonchev–Trinajstić information content (AvgIpc) is 2.71. The molecule has 0 bridgehead atoms. The van der Waals surface area contributed by atoms with E-state index in [-0.39, 0.29) is 6.42 Å². The molecule has 1 aliphatic heterocycles. The van der Waals surface area contributed by atoms with Gasteiger partial charge >= 0.3 is 5.97 Å². The lowest BCUT2D eigenvalue weighted by molar-refractivity contribution is -0.137. The third-order valence-corrected chi connectivity index (χ3v) is 4.94. The van der Waals surface area contributed by atoms with Crippen LogP contribution in [0.1, 0.15) is 25.3 Å². The van der Waals surface area contributed by atoms with Gasteiger partial charge in [0.05, 0.1) is 12.0 Å². The molecule has 0 spiro atoms. The van der Waals surface area contributed by atoms with E-state index in [1.165, 1.54) is 0 Å². The summed E-state index contributed by atoms with van der Waals surface area (Å²) in [6.07, 6.45) is 0.509. The van der Waals surface area contributed by atoms with Crippen molar-refractivity contribution >= 4 is 33.5 Å². The van der Waals surface area contributed by atoms with Crippen molar-refractivity contribution in [1.82, 2.24) is 4.98 Å². The Balaban J connectivity index is 1.84. The van der Waals surface area contributed by atoms with Crippen LogP contribution in [0.3, 0.4) is 0 Å². The third-order valence-electron chi connectivity index (χ3n) is 4.94. The molecule has 0 atom stereocenters. The molecule has 3 N–H and O–H groups in total. The molecule has 0 saturated heterocycles. The molecule has 0 radical (unpaired) electrons. The quantitative estimate of drug-likeness (QED) is 0.216. The fourth-order valence-electron chi connectivity index (χ4n) is 3.50. The number of carbonyl (C=O) groups is 1. The molecule has 0 saturated carbocycles. The minimum absolute atomic E-state index is 0.0710. The molecule has 2 aromatic rings. The van der Waals surface area contributed by atoms with Gasteiger partial charge in [0.1, 0.15) is 17.0 Å². The number of benzene rings is 3. The highest BCUT2D eigenvalue weighted by Crippen LogP contribution is 2.35. The molecule has 154 valence electrons. The van der Waals surface area contributed by atoms with Crippen molar-refractivity contribution < 1.29 is 19.1 Å². The summed E-state index contributed by atoms with van der Waals surface area (Å²) < 4.78 is 11.9. The van der Waals surface area contributed by atoms with Crippen molar-refractivity contribution in [2.75, 3.05) is 18.9 Å². The summed E-state index contributed by atoms with van der Waals surface area (Å²) in [5, 5.41) is 11.3. The van der Waals surface area contributed by atoms with E-state index in [4.69, 9.17) is 25.0 Å². The Morgan fingerprint density at radius 2 is 2.07 bits per heavy atom. The van der Waals surface area contributed by atoms with E-state index in [2.05, 4.69) is 4.99 Å². The molecule has 7 heteroatoms. The van der Waals surface area contributed by atoms with Gasteiger partial charge < -0.3 is 20.0 Å². The van der Waals surface area contributed by atoms with E-state index in [9.17, 15) is 4.79 Å². The van der Waals surface area contributed by atoms with Crippen LogP contribution < -0.4 is 15.8 Å². The summed E-state index contributed by atoms with van der Waals surface area (Å²) >= 11 is 0. The highest BCUT2D eigenvalue weighted by Gasteiger charge is 2.15. The number of carboxylic acid groups (broad SMARTS) is 1. The Kier molecular flexibility index (Phi) is 5.27. The second kappa shape index (κ2) is 8.02. The summed E-state index contributed by atoms with van der Waals surface area (Å²) in [7, 11) is 0. The van der Waals surface area contributed by atoms with E-state index in [0.717, 1.165) is 27.4 Å². The van der Waals surface area contributed by atoms with Gasteiger partial charge in [0.15, 0.2) is 11.3 Å². The van der Waals surface area contributed by atoms with E-state index in [1.807, 2.05) is 44.2 Å². The predicted molar refractivity (Wildman–Crippen MR) is 116 cm³/mol. The number of hydrogen-bond donors (Lipinski definition) is 2. The summed E-state index contributed by atoms with van der Waals surface area (Å²) in [4.78, 5) is 20.0. The first-order valence-corrected chi connectivity index (χ1v) is 9.89. The number of aliphatic carboxylic acids is 1. The lowest BCUT2D eigenvalue weighted by atomic mass is 10.1. The molecular weight excluding hydrogens is 382 g/mol.